The predicted molar refractivity (Wildman–Crippen MR) is 90.4 cm³/mol. The van der Waals surface area contributed by atoms with Gasteiger partial charge in [-0.25, -0.2) is 18.5 Å². The van der Waals surface area contributed by atoms with Gasteiger partial charge in [0.1, 0.15) is 5.82 Å². The van der Waals surface area contributed by atoms with Crippen LogP contribution in [0, 0.1) is 0 Å². The van der Waals surface area contributed by atoms with E-state index in [2.05, 4.69) is 4.98 Å². The highest BCUT2D eigenvalue weighted by Crippen LogP contribution is 2.34. The highest BCUT2D eigenvalue weighted by Gasteiger charge is 2.35. The molecule has 26 heavy (non-hydrogen) atoms. The number of primary sulfonamides is 1. The van der Waals surface area contributed by atoms with E-state index in [9.17, 15) is 21.6 Å². The Balaban J connectivity index is 2.20. The van der Waals surface area contributed by atoms with Crippen molar-refractivity contribution in [3.05, 3.63) is 65.4 Å². The summed E-state index contributed by atoms with van der Waals surface area (Å²) in [5.74, 6) is -0.0357. The molecule has 0 aliphatic carbocycles. The molecule has 2 aromatic carbocycles. The summed E-state index contributed by atoms with van der Waals surface area (Å²) in [5.41, 5.74) is -0.515. The fourth-order valence-corrected chi connectivity index (χ4v) is 3.09. The van der Waals surface area contributed by atoms with E-state index in [4.69, 9.17) is 16.7 Å². The molecular weight excluding hydrogens is 391 g/mol. The highest BCUT2D eigenvalue weighted by molar-refractivity contribution is 7.89. The Kier molecular flexibility index (Phi) is 4.55. The first-order valence-electron chi connectivity index (χ1n) is 7.12. The van der Waals surface area contributed by atoms with Crippen molar-refractivity contribution in [2.24, 2.45) is 5.14 Å². The number of nitrogens with two attached hydrogens (primary N) is 1. The topological polar surface area (TPSA) is 78.0 Å². The van der Waals surface area contributed by atoms with Crippen molar-refractivity contribution in [2.45, 2.75) is 11.1 Å². The van der Waals surface area contributed by atoms with Crippen molar-refractivity contribution < 1.29 is 21.6 Å². The fourth-order valence-electron chi connectivity index (χ4n) is 2.34. The lowest BCUT2D eigenvalue weighted by atomic mass is 10.2. The molecule has 0 fully saturated rings. The third-order valence-electron chi connectivity index (χ3n) is 3.55. The van der Waals surface area contributed by atoms with Crippen LogP contribution in [0.1, 0.15) is 5.69 Å². The first kappa shape index (κ1) is 18.4. The van der Waals surface area contributed by atoms with Gasteiger partial charge < -0.3 is 0 Å². The molecule has 0 saturated heterocycles. The number of imidazole rings is 1. The minimum Gasteiger partial charge on any atom is -0.298 e. The zero-order valence-electron chi connectivity index (χ0n) is 12.9. The molecule has 10 heteroatoms. The van der Waals surface area contributed by atoms with Gasteiger partial charge in [-0.3, -0.25) is 4.57 Å². The Morgan fingerprint density at radius 3 is 2.19 bits per heavy atom. The second-order valence-electron chi connectivity index (χ2n) is 5.34. The summed E-state index contributed by atoms with van der Waals surface area (Å²) < 4.78 is 63.3. The number of rotatable bonds is 3. The first-order chi connectivity index (χ1) is 12.1. The molecule has 3 aromatic rings. The average molecular weight is 402 g/mol. The van der Waals surface area contributed by atoms with Gasteiger partial charge >= 0.3 is 6.18 Å². The highest BCUT2D eigenvalue weighted by atomic mass is 35.5. The summed E-state index contributed by atoms with van der Waals surface area (Å²) in [6, 6.07) is 11.4. The molecule has 5 nitrogen and oxygen atoms in total. The van der Waals surface area contributed by atoms with Crippen LogP contribution in [0.5, 0.6) is 0 Å². The maximum atomic E-state index is 13.1. The smallest absolute Gasteiger partial charge is 0.298 e. The van der Waals surface area contributed by atoms with Gasteiger partial charge in [-0.2, -0.15) is 13.2 Å². The van der Waals surface area contributed by atoms with E-state index in [1.54, 1.807) is 18.2 Å². The number of aromatic nitrogens is 2. The summed E-state index contributed by atoms with van der Waals surface area (Å²) in [6.45, 7) is 0. The molecule has 0 spiro atoms. The molecule has 0 amide bonds. The molecule has 0 atom stereocenters. The zero-order valence-corrected chi connectivity index (χ0v) is 14.5. The van der Waals surface area contributed by atoms with Crippen LogP contribution in [0.2, 0.25) is 5.02 Å². The lowest BCUT2D eigenvalue weighted by Gasteiger charge is -2.10. The number of sulfonamides is 1. The van der Waals surface area contributed by atoms with E-state index in [1.807, 2.05) is 0 Å². The van der Waals surface area contributed by atoms with E-state index in [0.717, 1.165) is 6.20 Å². The van der Waals surface area contributed by atoms with Gasteiger partial charge in [0.25, 0.3) is 0 Å². The normalized spacial score (nSPS) is 12.3. The van der Waals surface area contributed by atoms with Crippen LogP contribution in [0.15, 0.2) is 59.6 Å². The van der Waals surface area contributed by atoms with Gasteiger partial charge in [0.05, 0.1) is 15.6 Å². The quantitative estimate of drug-likeness (QED) is 0.723. The van der Waals surface area contributed by atoms with Crippen molar-refractivity contribution >= 4 is 21.6 Å². The molecule has 0 unspecified atom stereocenters. The zero-order chi connectivity index (χ0) is 19.1. The number of alkyl halides is 3. The molecule has 1 aromatic heterocycles. The van der Waals surface area contributed by atoms with Crippen LogP contribution in [0.3, 0.4) is 0 Å². The van der Waals surface area contributed by atoms with Gasteiger partial charge in [0, 0.05) is 11.8 Å². The van der Waals surface area contributed by atoms with E-state index in [1.165, 1.54) is 34.9 Å². The van der Waals surface area contributed by atoms with Gasteiger partial charge in [0.2, 0.25) is 10.0 Å². The number of nitrogens with zero attached hydrogens (tertiary/aromatic N) is 2. The monoisotopic (exact) mass is 401 g/mol. The summed E-state index contributed by atoms with van der Waals surface area (Å²) in [4.78, 5) is 3.50. The third kappa shape index (κ3) is 3.59. The van der Waals surface area contributed by atoms with Crippen molar-refractivity contribution in [3.8, 4) is 17.1 Å². The molecule has 0 aliphatic heterocycles. The summed E-state index contributed by atoms with van der Waals surface area (Å²) in [7, 11) is -3.92. The van der Waals surface area contributed by atoms with Crippen molar-refractivity contribution in [2.75, 3.05) is 0 Å². The Labute approximate surface area is 151 Å². The van der Waals surface area contributed by atoms with Gasteiger partial charge in [-0.1, -0.05) is 23.7 Å². The van der Waals surface area contributed by atoms with E-state index < -0.39 is 21.9 Å². The SMILES string of the molecule is NS(=O)(=O)c1ccc(-c2nc(C(F)(F)F)cn2-c2ccccc2Cl)cc1. The largest absolute Gasteiger partial charge is 0.434 e. The Hall–Kier alpha value is -2.36. The Morgan fingerprint density at radius 1 is 1.04 bits per heavy atom. The molecule has 2 N–H and O–H groups in total. The van der Waals surface area contributed by atoms with Crippen LogP contribution in [-0.4, -0.2) is 18.0 Å². The molecule has 0 saturated carbocycles. The molecule has 0 radical (unpaired) electrons. The molecule has 136 valence electrons. The number of hydrogen-bond donors (Lipinski definition) is 1. The van der Waals surface area contributed by atoms with E-state index >= 15 is 0 Å². The molecular formula is C16H11ClF3N3O2S. The molecule has 0 bridgehead atoms. The lowest BCUT2D eigenvalue weighted by molar-refractivity contribution is -0.140. The number of halogens is 4. The second-order valence-corrected chi connectivity index (χ2v) is 7.31. The lowest BCUT2D eigenvalue weighted by Crippen LogP contribution is -2.11. The summed E-state index contributed by atoms with van der Waals surface area (Å²) in [5, 5.41) is 5.27. The van der Waals surface area contributed by atoms with Gasteiger partial charge in [-0.15, -0.1) is 0 Å². The summed E-state index contributed by atoms with van der Waals surface area (Å²) >= 11 is 6.10. The first-order valence-corrected chi connectivity index (χ1v) is 9.04. The second kappa shape index (κ2) is 6.42. The third-order valence-corrected chi connectivity index (χ3v) is 4.80. The average Bonchev–Trinajstić information content (AvgIpc) is 3.00. The van der Waals surface area contributed by atoms with Gasteiger partial charge in [-0.05, 0) is 36.4 Å². The minimum atomic E-state index is -4.65. The Morgan fingerprint density at radius 2 is 1.65 bits per heavy atom. The van der Waals surface area contributed by atoms with Crippen LogP contribution < -0.4 is 5.14 Å². The number of hydrogen-bond acceptors (Lipinski definition) is 3. The maximum absolute atomic E-state index is 13.1. The molecule has 1 heterocycles. The van der Waals surface area contributed by atoms with Crippen molar-refractivity contribution in [3.63, 3.8) is 0 Å². The van der Waals surface area contributed by atoms with Crippen molar-refractivity contribution in [1.82, 2.24) is 9.55 Å². The standard InChI is InChI=1S/C16H11ClF3N3O2S/c17-12-3-1-2-4-13(12)23-9-14(16(18,19)20)22-15(23)10-5-7-11(8-6-10)26(21,24)25/h1-9H,(H2,21,24,25). The number of benzene rings is 2. The van der Waals surface area contributed by atoms with Crippen molar-refractivity contribution in [1.29, 1.82) is 0 Å². The van der Waals surface area contributed by atoms with Crippen LogP contribution in [0.4, 0.5) is 13.2 Å². The molecule has 0 aliphatic rings. The number of para-hydroxylation sites is 1. The van der Waals surface area contributed by atoms with Crippen LogP contribution >= 0.6 is 11.6 Å². The van der Waals surface area contributed by atoms with E-state index in [0.29, 0.717) is 5.69 Å². The van der Waals surface area contributed by atoms with E-state index in [-0.39, 0.29) is 21.3 Å². The minimum absolute atomic E-state index is 0.0357. The molecule has 3 rings (SSSR count). The Bertz CT molecular complexity index is 1060. The fraction of sp³-hybridized carbons (Fsp3) is 0.0625. The predicted octanol–water partition coefficient (Wildman–Crippen LogP) is 3.86. The van der Waals surface area contributed by atoms with Crippen LogP contribution in [0.25, 0.3) is 17.1 Å². The summed E-state index contributed by atoms with van der Waals surface area (Å²) in [6.07, 6.45) is -3.81. The maximum Gasteiger partial charge on any atom is 0.434 e. The van der Waals surface area contributed by atoms with Crippen LogP contribution in [-0.2, 0) is 16.2 Å². The van der Waals surface area contributed by atoms with Gasteiger partial charge in [0.15, 0.2) is 5.69 Å².